The first-order valence-corrected chi connectivity index (χ1v) is 10.5. The summed E-state index contributed by atoms with van der Waals surface area (Å²) < 4.78 is 38.3. The summed E-state index contributed by atoms with van der Waals surface area (Å²) in [5, 5.41) is 9.91. The van der Waals surface area contributed by atoms with Gasteiger partial charge in [-0.1, -0.05) is 48.0 Å². The molecular weight excluding hydrogens is 430 g/mol. The predicted molar refractivity (Wildman–Crippen MR) is 114 cm³/mol. The number of esters is 1. The van der Waals surface area contributed by atoms with E-state index in [1.54, 1.807) is 18.2 Å². The molecule has 3 aromatic rings. The van der Waals surface area contributed by atoms with Crippen molar-refractivity contribution in [3.63, 3.8) is 0 Å². The number of carbonyl (C=O) groups is 1. The summed E-state index contributed by atoms with van der Waals surface area (Å²) in [7, 11) is -1.78. The Morgan fingerprint density at radius 1 is 1.00 bits per heavy atom. The molecule has 0 unspecified atom stereocenters. The highest BCUT2D eigenvalue weighted by Gasteiger charge is 2.25. The van der Waals surface area contributed by atoms with Crippen LogP contribution in [0.3, 0.4) is 0 Å². The quantitative estimate of drug-likeness (QED) is 0.546. The summed E-state index contributed by atoms with van der Waals surface area (Å²) >= 11 is 5.92. The van der Waals surface area contributed by atoms with Gasteiger partial charge in [-0.2, -0.15) is 0 Å². The van der Waals surface area contributed by atoms with Crippen molar-refractivity contribution in [1.29, 1.82) is 0 Å². The van der Waals surface area contributed by atoms with Crippen LogP contribution >= 0.6 is 11.6 Å². The SMILES string of the molecule is COC(=O)c1cc(Cl)c(O)c(S(=O)(=O)Nc2cc(-c3ccccc3)ccc2OC)c1. The van der Waals surface area contributed by atoms with Crippen LogP contribution in [-0.2, 0) is 14.8 Å². The Kier molecular flexibility index (Phi) is 6.19. The molecule has 0 bridgehead atoms. The molecule has 0 fully saturated rings. The number of rotatable bonds is 6. The number of hydrogen-bond donors (Lipinski definition) is 2. The van der Waals surface area contributed by atoms with E-state index in [4.69, 9.17) is 16.3 Å². The van der Waals surface area contributed by atoms with Crippen LogP contribution in [0.4, 0.5) is 5.69 Å². The van der Waals surface area contributed by atoms with Gasteiger partial charge >= 0.3 is 5.97 Å². The molecule has 0 spiro atoms. The first-order chi connectivity index (χ1) is 14.3. The number of benzene rings is 3. The summed E-state index contributed by atoms with van der Waals surface area (Å²) in [5.41, 5.74) is 1.65. The van der Waals surface area contributed by atoms with Gasteiger partial charge in [-0.3, -0.25) is 4.72 Å². The molecule has 0 saturated heterocycles. The van der Waals surface area contributed by atoms with Crippen LogP contribution in [0.2, 0.25) is 5.02 Å². The smallest absolute Gasteiger partial charge is 0.337 e. The van der Waals surface area contributed by atoms with Gasteiger partial charge in [0.1, 0.15) is 10.6 Å². The Hall–Kier alpha value is -3.23. The number of methoxy groups -OCH3 is 2. The van der Waals surface area contributed by atoms with E-state index in [1.165, 1.54) is 7.11 Å². The number of aromatic hydroxyl groups is 1. The summed E-state index contributed by atoms with van der Waals surface area (Å²) in [6.45, 7) is 0. The lowest BCUT2D eigenvalue weighted by Crippen LogP contribution is -2.15. The second-order valence-electron chi connectivity index (χ2n) is 6.18. The number of nitrogens with one attached hydrogen (secondary N) is 1. The van der Waals surface area contributed by atoms with Gasteiger partial charge < -0.3 is 14.6 Å². The van der Waals surface area contributed by atoms with Crippen molar-refractivity contribution < 1.29 is 27.8 Å². The van der Waals surface area contributed by atoms with E-state index in [9.17, 15) is 18.3 Å². The van der Waals surface area contributed by atoms with E-state index in [0.29, 0.717) is 0 Å². The maximum Gasteiger partial charge on any atom is 0.337 e. The number of phenols is 1. The Morgan fingerprint density at radius 2 is 1.70 bits per heavy atom. The molecule has 0 aliphatic rings. The van der Waals surface area contributed by atoms with Gasteiger partial charge in [0.05, 0.1) is 30.5 Å². The van der Waals surface area contributed by atoms with E-state index >= 15 is 0 Å². The lowest BCUT2D eigenvalue weighted by atomic mass is 10.1. The maximum absolute atomic E-state index is 13.0. The summed E-state index contributed by atoms with van der Waals surface area (Å²) in [5.74, 6) is -1.21. The minimum absolute atomic E-state index is 0.120. The molecule has 0 aromatic heterocycles. The normalized spacial score (nSPS) is 11.0. The summed E-state index contributed by atoms with van der Waals surface area (Å²) in [6.07, 6.45) is 0. The van der Waals surface area contributed by atoms with Gasteiger partial charge in [-0.05, 0) is 35.4 Å². The molecule has 3 aromatic carbocycles. The van der Waals surface area contributed by atoms with Crippen molar-refractivity contribution in [3.05, 3.63) is 71.2 Å². The molecule has 0 heterocycles. The van der Waals surface area contributed by atoms with Crippen LogP contribution in [0, 0.1) is 0 Å². The molecule has 156 valence electrons. The minimum Gasteiger partial charge on any atom is -0.505 e. The molecule has 0 atom stereocenters. The van der Waals surface area contributed by atoms with Gasteiger partial charge in [0.2, 0.25) is 0 Å². The standard InChI is InChI=1S/C21H18ClNO6S/c1-28-18-9-8-14(13-6-4-3-5-7-13)11-17(18)23-30(26,27)19-12-15(21(25)29-2)10-16(22)20(19)24/h3-12,23-24H,1-2H3. The molecule has 0 amide bonds. The van der Waals surface area contributed by atoms with Crippen LogP contribution in [0.1, 0.15) is 10.4 Å². The maximum atomic E-state index is 13.0. The van der Waals surface area contributed by atoms with E-state index in [1.807, 2.05) is 30.3 Å². The molecule has 9 heteroatoms. The summed E-state index contributed by atoms with van der Waals surface area (Å²) in [4.78, 5) is 11.3. The second kappa shape index (κ2) is 8.64. The third-order valence-corrected chi connectivity index (χ3v) is 5.96. The Balaban J connectivity index is 2.07. The van der Waals surface area contributed by atoms with E-state index in [2.05, 4.69) is 9.46 Å². The van der Waals surface area contributed by atoms with Crippen LogP contribution in [0.15, 0.2) is 65.6 Å². The van der Waals surface area contributed by atoms with Crippen molar-refractivity contribution in [2.75, 3.05) is 18.9 Å². The lowest BCUT2D eigenvalue weighted by Gasteiger charge is -2.15. The molecule has 7 nitrogen and oxygen atoms in total. The first-order valence-electron chi connectivity index (χ1n) is 8.64. The molecule has 30 heavy (non-hydrogen) atoms. The topological polar surface area (TPSA) is 102 Å². The zero-order valence-electron chi connectivity index (χ0n) is 16.0. The molecule has 0 radical (unpaired) electrons. The van der Waals surface area contributed by atoms with E-state index in [0.717, 1.165) is 30.4 Å². The van der Waals surface area contributed by atoms with Crippen LogP contribution in [0.25, 0.3) is 11.1 Å². The Bertz CT molecular complexity index is 1200. The fourth-order valence-corrected chi connectivity index (χ4v) is 4.29. The number of ether oxygens (including phenoxy) is 2. The largest absolute Gasteiger partial charge is 0.505 e. The van der Waals surface area contributed by atoms with Gasteiger partial charge in [0, 0.05) is 0 Å². The molecule has 2 N–H and O–H groups in total. The fraction of sp³-hybridized carbons (Fsp3) is 0.0952. The van der Waals surface area contributed by atoms with Gasteiger partial charge in [-0.25, -0.2) is 13.2 Å². The number of sulfonamides is 1. The van der Waals surface area contributed by atoms with Crippen LogP contribution < -0.4 is 9.46 Å². The van der Waals surface area contributed by atoms with Gasteiger partial charge in [0.25, 0.3) is 10.0 Å². The van der Waals surface area contributed by atoms with Crippen molar-refractivity contribution >= 4 is 33.3 Å². The second-order valence-corrected chi connectivity index (χ2v) is 8.24. The molecule has 0 aliphatic heterocycles. The summed E-state index contributed by atoms with van der Waals surface area (Å²) in [6, 6.07) is 16.5. The van der Waals surface area contributed by atoms with Crippen molar-refractivity contribution in [2.24, 2.45) is 0 Å². The zero-order valence-corrected chi connectivity index (χ0v) is 17.6. The van der Waals surface area contributed by atoms with E-state index < -0.39 is 26.6 Å². The monoisotopic (exact) mass is 447 g/mol. The minimum atomic E-state index is -4.33. The molecule has 3 rings (SSSR count). The molecular formula is C21H18ClNO6S. The van der Waals surface area contributed by atoms with Crippen molar-refractivity contribution in [1.82, 2.24) is 0 Å². The highest BCUT2D eigenvalue weighted by Crippen LogP contribution is 2.36. The Labute approximate surface area is 178 Å². The van der Waals surface area contributed by atoms with Crippen LogP contribution in [-0.4, -0.2) is 33.7 Å². The number of halogens is 1. The first kappa shape index (κ1) is 21.5. The van der Waals surface area contributed by atoms with E-state index in [-0.39, 0.29) is 22.0 Å². The zero-order chi connectivity index (χ0) is 21.9. The average Bonchev–Trinajstić information content (AvgIpc) is 2.75. The number of phenolic OH excluding ortho intramolecular Hbond substituents is 1. The third-order valence-electron chi connectivity index (χ3n) is 4.29. The molecule has 0 aliphatic carbocycles. The molecule has 0 saturated carbocycles. The highest BCUT2D eigenvalue weighted by molar-refractivity contribution is 7.92. The van der Waals surface area contributed by atoms with Gasteiger partial charge in [0.15, 0.2) is 5.75 Å². The third kappa shape index (κ3) is 4.34. The number of anilines is 1. The average molecular weight is 448 g/mol. The number of hydrogen-bond acceptors (Lipinski definition) is 6. The van der Waals surface area contributed by atoms with Crippen molar-refractivity contribution in [2.45, 2.75) is 4.90 Å². The number of carbonyl (C=O) groups excluding carboxylic acids is 1. The fourth-order valence-electron chi connectivity index (χ4n) is 2.81. The lowest BCUT2D eigenvalue weighted by molar-refractivity contribution is 0.0600. The van der Waals surface area contributed by atoms with Gasteiger partial charge in [-0.15, -0.1) is 0 Å². The predicted octanol–water partition coefficient (Wildman–Crippen LogP) is 4.31. The highest BCUT2D eigenvalue weighted by atomic mass is 35.5. The van der Waals surface area contributed by atoms with Crippen molar-refractivity contribution in [3.8, 4) is 22.6 Å². The Morgan fingerprint density at radius 3 is 2.33 bits per heavy atom. The van der Waals surface area contributed by atoms with Crippen LogP contribution in [0.5, 0.6) is 11.5 Å².